The van der Waals surface area contributed by atoms with Crippen molar-refractivity contribution in [3.05, 3.63) is 89.0 Å². The first kappa shape index (κ1) is 27.8. The molecule has 1 amide bonds. The topological polar surface area (TPSA) is 79.3 Å². The highest BCUT2D eigenvalue weighted by Crippen LogP contribution is 2.43. The lowest BCUT2D eigenvalue weighted by molar-refractivity contribution is -0.132. The molecule has 3 aromatic rings. The SMILES string of the molecule is CCCOc1ccc(/C(O)=C2\C(=O)C(=O)N(c3cccc(OC)c3)C2c2ccc(N(CC)CC)cc2)cc1C. The minimum absolute atomic E-state index is 0.0417. The van der Waals surface area contributed by atoms with Crippen molar-refractivity contribution in [3.8, 4) is 11.5 Å². The van der Waals surface area contributed by atoms with E-state index in [0.717, 1.165) is 30.8 Å². The lowest BCUT2D eigenvalue weighted by Crippen LogP contribution is -2.29. The Morgan fingerprint density at radius 1 is 0.974 bits per heavy atom. The van der Waals surface area contributed by atoms with Crippen molar-refractivity contribution < 1.29 is 24.2 Å². The van der Waals surface area contributed by atoms with E-state index in [9.17, 15) is 14.7 Å². The Morgan fingerprint density at radius 3 is 2.31 bits per heavy atom. The zero-order chi connectivity index (χ0) is 28.1. The van der Waals surface area contributed by atoms with Crippen LogP contribution < -0.4 is 19.3 Å². The van der Waals surface area contributed by atoms with Crippen molar-refractivity contribution in [3.63, 3.8) is 0 Å². The van der Waals surface area contributed by atoms with Crippen LogP contribution in [-0.4, -0.2) is 43.6 Å². The fourth-order valence-electron chi connectivity index (χ4n) is 4.96. The van der Waals surface area contributed by atoms with Crippen LogP contribution in [0, 0.1) is 6.92 Å². The number of benzene rings is 3. The zero-order valence-electron chi connectivity index (χ0n) is 23.2. The number of ether oxygens (including phenoxy) is 2. The number of aliphatic hydroxyl groups excluding tert-OH is 1. The molecule has 0 saturated carbocycles. The number of carbonyl (C=O) groups is 2. The second kappa shape index (κ2) is 12.1. The van der Waals surface area contributed by atoms with Crippen LogP contribution in [0.1, 0.15) is 49.9 Å². The first-order valence-corrected chi connectivity index (χ1v) is 13.4. The lowest BCUT2D eigenvalue weighted by atomic mass is 9.94. The average molecular weight is 529 g/mol. The Labute approximate surface area is 230 Å². The molecule has 204 valence electrons. The Balaban J connectivity index is 1.87. The monoisotopic (exact) mass is 528 g/mol. The molecule has 0 radical (unpaired) electrons. The molecule has 0 aliphatic carbocycles. The number of amides is 1. The van der Waals surface area contributed by atoms with Gasteiger partial charge in [0.1, 0.15) is 17.3 Å². The van der Waals surface area contributed by atoms with Gasteiger partial charge in [-0.25, -0.2) is 0 Å². The molecule has 0 spiro atoms. The second-order valence-electron chi connectivity index (χ2n) is 9.46. The quantitative estimate of drug-likeness (QED) is 0.190. The molecule has 0 aromatic heterocycles. The smallest absolute Gasteiger partial charge is 0.300 e. The van der Waals surface area contributed by atoms with E-state index in [1.807, 2.05) is 38.1 Å². The van der Waals surface area contributed by atoms with Gasteiger partial charge in [0, 0.05) is 36.1 Å². The number of aliphatic hydroxyl groups is 1. The van der Waals surface area contributed by atoms with E-state index in [0.29, 0.717) is 34.9 Å². The van der Waals surface area contributed by atoms with Gasteiger partial charge in [-0.1, -0.05) is 25.1 Å². The zero-order valence-corrected chi connectivity index (χ0v) is 23.2. The Kier molecular flexibility index (Phi) is 8.59. The average Bonchev–Trinajstić information content (AvgIpc) is 3.23. The van der Waals surface area contributed by atoms with Crippen molar-refractivity contribution in [1.29, 1.82) is 0 Å². The highest BCUT2D eigenvalue weighted by Gasteiger charge is 2.47. The van der Waals surface area contributed by atoms with Crippen LogP contribution in [0.3, 0.4) is 0 Å². The molecule has 1 atom stereocenters. The maximum Gasteiger partial charge on any atom is 0.300 e. The number of anilines is 2. The summed E-state index contributed by atoms with van der Waals surface area (Å²) in [6.45, 7) is 10.4. The van der Waals surface area contributed by atoms with Gasteiger partial charge >= 0.3 is 0 Å². The van der Waals surface area contributed by atoms with Gasteiger partial charge in [-0.15, -0.1) is 0 Å². The Bertz CT molecular complexity index is 1380. The minimum atomic E-state index is -0.820. The molecule has 7 heteroatoms. The highest BCUT2D eigenvalue weighted by atomic mass is 16.5. The maximum absolute atomic E-state index is 13.5. The third kappa shape index (κ3) is 5.48. The minimum Gasteiger partial charge on any atom is -0.507 e. The Morgan fingerprint density at radius 2 is 1.69 bits per heavy atom. The predicted octanol–water partition coefficient (Wildman–Crippen LogP) is 6.26. The number of nitrogens with zero attached hydrogens (tertiary/aromatic N) is 2. The number of methoxy groups -OCH3 is 1. The van der Waals surface area contributed by atoms with Crippen LogP contribution in [-0.2, 0) is 9.59 Å². The summed E-state index contributed by atoms with van der Waals surface area (Å²) in [7, 11) is 1.55. The number of hydrogen-bond acceptors (Lipinski definition) is 6. The molecule has 39 heavy (non-hydrogen) atoms. The molecule has 1 saturated heterocycles. The fourth-order valence-corrected chi connectivity index (χ4v) is 4.96. The van der Waals surface area contributed by atoms with Crippen molar-refractivity contribution in [2.45, 2.75) is 40.2 Å². The third-order valence-corrected chi connectivity index (χ3v) is 7.02. The molecule has 1 heterocycles. The number of aryl methyl sites for hydroxylation is 1. The summed E-state index contributed by atoms with van der Waals surface area (Å²) in [6, 6.07) is 19.3. The van der Waals surface area contributed by atoms with Gasteiger partial charge in [0.05, 0.1) is 25.3 Å². The summed E-state index contributed by atoms with van der Waals surface area (Å²) < 4.78 is 11.2. The van der Waals surface area contributed by atoms with Crippen molar-refractivity contribution in [2.24, 2.45) is 0 Å². The molecule has 1 fully saturated rings. The second-order valence-corrected chi connectivity index (χ2v) is 9.46. The van der Waals surface area contributed by atoms with Gasteiger partial charge < -0.3 is 19.5 Å². The van der Waals surface area contributed by atoms with Crippen LogP contribution in [0.4, 0.5) is 11.4 Å². The molecule has 3 aromatic carbocycles. The Hall–Kier alpha value is -4.26. The highest BCUT2D eigenvalue weighted by molar-refractivity contribution is 6.51. The third-order valence-electron chi connectivity index (χ3n) is 7.02. The van der Waals surface area contributed by atoms with Gasteiger partial charge in [-0.3, -0.25) is 14.5 Å². The summed E-state index contributed by atoms with van der Waals surface area (Å²) >= 11 is 0. The molecular weight excluding hydrogens is 492 g/mol. The standard InChI is InChI=1S/C32H36N2O5/c1-6-18-39-27-17-14-23(19-21(27)4)30(35)28-29(22-12-15-24(16-13-22)33(7-2)8-3)34(32(37)31(28)36)25-10-9-11-26(20-25)38-5/h9-17,19-20,29,35H,6-8,18H2,1-5H3/b30-28+. The van der Waals surface area contributed by atoms with Crippen LogP contribution in [0.2, 0.25) is 0 Å². The molecule has 1 aliphatic rings. The lowest BCUT2D eigenvalue weighted by Gasteiger charge is -2.27. The predicted molar refractivity (Wildman–Crippen MR) is 155 cm³/mol. The maximum atomic E-state index is 13.5. The van der Waals surface area contributed by atoms with Crippen LogP contribution in [0.15, 0.2) is 72.3 Å². The summed E-state index contributed by atoms with van der Waals surface area (Å²) in [4.78, 5) is 30.7. The summed E-state index contributed by atoms with van der Waals surface area (Å²) in [5.41, 5.74) is 3.58. The van der Waals surface area contributed by atoms with Crippen LogP contribution in [0.5, 0.6) is 11.5 Å². The largest absolute Gasteiger partial charge is 0.507 e. The summed E-state index contributed by atoms with van der Waals surface area (Å²) in [5, 5.41) is 11.5. The van der Waals surface area contributed by atoms with E-state index >= 15 is 0 Å². The molecule has 1 aliphatic heterocycles. The van der Waals surface area contributed by atoms with Crippen molar-refractivity contribution >= 4 is 28.8 Å². The first-order chi connectivity index (χ1) is 18.8. The van der Waals surface area contributed by atoms with E-state index in [2.05, 4.69) is 18.7 Å². The van der Waals surface area contributed by atoms with E-state index in [-0.39, 0.29) is 11.3 Å². The van der Waals surface area contributed by atoms with Crippen LogP contribution >= 0.6 is 0 Å². The molecule has 7 nitrogen and oxygen atoms in total. The number of Topliss-reactive ketones (excluding diaryl/α,β-unsaturated/α-hetero) is 1. The van der Waals surface area contributed by atoms with Crippen molar-refractivity contribution in [1.82, 2.24) is 0 Å². The molecular formula is C32H36N2O5. The number of rotatable bonds is 10. The van der Waals surface area contributed by atoms with E-state index in [1.165, 1.54) is 4.90 Å². The summed E-state index contributed by atoms with van der Waals surface area (Å²) in [5.74, 6) is -0.391. The van der Waals surface area contributed by atoms with E-state index < -0.39 is 17.7 Å². The summed E-state index contributed by atoms with van der Waals surface area (Å²) in [6.07, 6.45) is 0.877. The molecule has 1 unspecified atom stereocenters. The van der Waals surface area contributed by atoms with Gasteiger partial charge in [0.15, 0.2) is 0 Å². The molecule has 1 N–H and O–H groups in total. The van der Waals surface area contributed by atoms with Crippen LogP contribution in [0.25, 0.3) is 5.76 Å². The van der Waals surface area contributed by atoms with E-state index in [4.69, 9.17) is 9.47 Å². The molecule has 4 rings (SSSR count). The molecule has 0 bridgehead atoms. The van der Waals surface area contributed by atoms with Gasteiger partial charge in [-0.05, 0) is 80.8 Å². The van der Waals surface area contributed by atoms with Gasteiger partial charge in [0.25, 0.3) is 11.7 Å². The number of carbonyl (C=O) groups excluding carboxylic acids is 2. The van der Waals surface area contributed by atoms with Gasteiger partial charge in [-0.2, -0.15) is 0 Å². The van der Waals surface area contributed by atoms with Gasteiger partial charge in [0.2, 0.25) is 0 Å². The normalized spacial score (nSPS) is 16.4. The first-order valence-electron chi connectivity index (χ1n) is 13.4. The van der Waals surface area contributed by atoms with Crippen molar-refractivity contribution in [2.75, 3.05) is 36.6 Å². The van der Waals surface area contributed by atoms with E-state index in [1.54, 1.807) is 49.6 Å². The number of hydrogen-bond donors (Lipinski definition) is 1. The fraction of sp³-hybridized carbons (Fsp3) is 0.312. The number of ketones is 1.